The van der Waals surface area contributed by atoms with E-state index in [9.17, 15) is 13.6 Å². The minimum atomic E-state index is -1.15. The molecule has 0 aliphatic carbocycles. The van der Waals surface area contributed by atoms with E-state index in [0.29, 0.717) is 5.69 Å². The largest absolute Gasteiger partial charge is 0.287 e. The van der Waals surface area contributed by atoms with E-state index in [2.05, 4.69) is 9.97 Å². The molecule has 0 amide bonds. The average Bonchev–Trinajstić information content (AvgIpc) is 2.36. The summed E-state index contributed by atoms with van der Waals surface area (Å²) in [5.74, 6) is -2.85. The Morgan fingerprint density at radius 2 is 1.78 bits per heavy atom. The Balaban J connectivity index is 2.46. The maximum Gasteiger partial charge on any atom is 0.215 e. The van der Waals surface area contributed by atoms with Gasteiger partial charge in [-0.25, -0.2) is 13.8 Å². The van der Waals surface area contributed by atoms with Crippen molar-refractivity contribution in [2.45, 2.75) is 13.8 Å². The SMILES string of the molecule is Cc1cnc(C(=O)c2ccc(C)c(F)c2F)cn1. The van der Waals surface area contributed by atoms with E-state index in [1.807, 2.05) is 0 Å². The van der Waals surface area contributed by atoms with Gasteiger partial charge in [0.05, 0.1) is 17.5 Å². The van der Waals surface area contributed by atoms with Gasteiger partial charge in [-0.1, -0.05) is 6.07 Å². The molecule has 18 heavy (non-hydrogen) atoms. The molecule has 0 aliphatic heterocycles. The van der Waals surface area contributed by atoms with Crippen LogP contribution in [0.2, 0.25) is 0 Å². The van der Waals surface area contributed by atoms with Crippen LogP contribution in [0.5, 0.6) is 0 Å². The lowest BCUT2D eigenvalue weighted by Gasteiger charge is -2.04. The molecule has 0 unspecified atom stereocenters. The van der Waals surface area contributed by atoms with Crippen LogP contribution in [-0.4, -0.2) is 15.8 Å². The van der Waals surface area contributed by atoms with E-state index in [1.54, 1.807) is 6.92 Å². The zero-order chi connectivity index (χ0) is 13.3. The van der Waals surface area contributed by atoms with Gasteiger partial charge in [0.1, 0.15) is 5.69 Å². The molecule has 1 heterocycles. The number of carbonyl (C=O) groups is 1. The maximum atomic E-state index is 13.6. The number of aromatic nitrogens is 2. The Morgan fingerprint density at radius 3 is 2.39 bits per heavy atom. The van der Waals surface area contributed by atoms with Crippen molar-refractivity contribution in [3.63, 3.8) is 0 Å². The molecule has 2 aromatic rings. The van der Waals surface area contributed by atoms with Gasteiger partial charge in [-0.15, -0.1) is 0 Å². The Kier molecular flexibility index (Phi) is 3.14. The standard InChI is InChI=1S/C13H10F2N2O/c1-7-3-4-9(12(15)11(7)14)13(18)10-6-16-8(2)5-17-10/h3-6H,1-2H3. The number of halogens is 2. The molecular weight excluding hydrogens is 238 g/mol. The summed E-state index contributed by atoms with van der Waals surface area (Å²) in [4.78, 5) is 19.7. The van der Waals surface area contributed by atoms with Crippen LogP contribution in [0.1, 0.15) is 27.3 Å². The van der Waals surface area contributed by atoms with E-state index in [1.165, 1.54) is 31.5 Å². The zero-order valence-corrected chi connectivity index (χ0v) is 9.87. The smallest absolute Gasteiger partial charge is 0.215 e. The lowest BCUT2D eigenvalue weighted by molar-refractivity contribution is 0.102. The van der Waals surface area contributed by atoms with Gasteiger partial charge >= 0.3 is 0 Å². The van der Waals surface area contributed by atoms with Crippen molar-refractivity contribution in [2.75, 3.05) is 0 Å². The molecular formula is C13H10F2N2O. The van der Waals surface area contributed by atoms with Gasteiger partial charge in [0.15, 0.2) is 11.6 Å². The van der Waals surface area contributed by atoms with Gasteiger partial charge in [-0.05, 0) is 25.5 Å². The zero-order valence-electron chi connectivity index (χ0n) is 9.87. The molecule has 3 nitrogen and oxygen atoms in total. The summed E-state index contributed by atoms with van der Waals surface area (Å²) in [5, 5.41) is 0. The molecule has 0 N–H and O–H groups in total. The van der Waals surface area contributed by atoms with E-state index in [-0.39, 0.29) is 16.8 Å². The topological polar surface area (TPSA) is 42.9 Å². The fourth-order valence-corrected chi connectivity index (χ4v) is 1.47. The second kappa shape index (κ2) is 4.60. The van der Waals surface area contributed by atoms with Gasteiger partial charge in [-0.3, -0.25) is 9.78 Å². The predicted octanol–water partition coefficient (Wildman–Crippen LogP) is 2.60. The third-order valence-corrected chi connectivity index (χ3v) is 2.53. The van der Waals surface area contributed by atoms with E-state index in [4.69, 9.17) is 0 Å². The summed E-state index contributed by atoms with van der Waals surface area (Å²) in [7, 11) is 0. The number of rotatable bonds is 2. The van der Waals surface area contributed by atoms with Gasteiger partial charge in [0, 0.05) is 6.20 Å². The molecule has 5 heteroatoms. The first-order valence-corrected chi connectivity index (χ1v) is 5.28. The summed E-state index contributed by atoms with van der Waals surface area (Å²) in [6.45, 7) is 3.14. The summed E-state index contributed by atoms with van der Waals surface area (Å²) in [6, 6.07) is 2.60. The van der Waals surface area contributed by atoms with E-state index >= 15 is 0 Å². The number of ketones is 1. The molecule has 2 rings (SSSR count). The molecule has 0 aliphatic rings. The van der Waals surface area contributed by atoms with Crippen LogP contribution in [0.25, 0.3) is 0 Å². The van der Waals surface area contributed by atoms with Gasteiger partial charge in [0.2, 0.25) is 5.78 Å². The monoisotopic (exact) mass is 248 g/mol. The first-order valence-electron chi connectivity index (χ1n) is 5.28. The second-order valence-electron chi connectivity index (χ2n) is 3.93. The Bertz CT molecular complexity index is 609. The number of hydrogen-bond acceptors (Lipinski definition) is 3. The van der Waals surface area contributed by atoms with Crippen LogP contribution in [0, 0.1) is 25.5 Å². The van der Waals surface area contributed by atoms with Crippen molar-refractivity contribution >= 4 is 5.78 Å². The highest BCUT2D eigenvalue weighted by Crippen LogP contribution is 2.18. The minimum Gasteiger partial charge on any atom is -0.287 e. The Labute approximate surface area is 103 Å². The van der Waals surface area contributed by atoms with Crippen LogP contribution in [-0.2, 0) is 0 Å². The van der Waals surface area contributed by atoms with Gasteiger partial charge < -0.3 is 0 Å². The minimum absolute atomic E-state index is 0.0113. The molecule has 0 saturated heterocycles. The molecule has 0 fully saturated rings. The number of aryl methyl sites for hydroxylation is 2. The van der Waals surface area contributed by atoms with Crippen LogP contribution in [0.15, 0.2) is 24.5 Å². The molecule has 1 aromatic heterocycles. The average molecular weight is 248 g/mol. The quantitative estimate of drug-likeness (QED) is 0.767. The lowest BCUT2D eigenvalue weighted by Crippen LogP contribution is -2.09. The first kappa shape index (κ1) is 12.3. The van der Waals surface area contributed by atoms with Crippen molar-refractivity contribution in [1.82, 2.24) is 9.97 Å². The highest BCUT2D eigenvalue weighted by Gasteiger charge is 2.19. The predicted molar refractivity (Wildman–Crippen MR) is 61.3 cm³/mol. The Hall–Kier alpha value is -2.17. The molecule has 0 spiro atoms. The molecule has 0 bridgehead atoms. The van der Waals surface area contributed by atoms with Crippen LogP contribution in [0.4, 0.5) is 8.78 Å². The fourth-order valence-electron chi connectivity index (χ4n) is 1.47. The number of carbonyl (C=O) groups excluding carboxylic acids is 1. The molecule has 0 radical (unpaired) electrons. The highest BCUT2D eigenvalue weighted by atomic mass is 19.2. The van der Waals surface area contributed by atoms with Crippen LogP contribution < -0.4 is 0 Å². The van der Waals surface area contributed by atoms with Crippen LogP contribution in [0.3, 0.4) is 0 Å². The highest BCUT2D eigenvalue weighted by molar-refractivity contribution is 6.07. The molecule has 1 aromatic carbocycles. The van der Waals surface area contributed by atoms with Gasteiger partial charge in [0.25, 0.3) is 0 Å². The van der Waals surface area contributed by atoms with Crippen LogP contribution >= 0.6 is 0 Å². The molecule has 0 atom stereocenters. The number of nitrogens with zero attached hydrogens (tertiary/aromatic N) is 2. The Morgan fingerprint density at radius 1 is 1.06 bits per heavy atom. The summed E-state index contributed by atoms with van der Waals surface area (Å²) in [5.41, 5.74) is 0.445. The van der Waals surface area contributed by atoms with Crippen molar-refractivity contribution < 1.29 is 13.6 Å². The van der Waals surface area contributed by atoms with Crippen molar-refractivity contribution in [3.8, 4) is 0 Å². The van der Waals surface area contributed by atoms with E-state index in [0.717, 1.165) is 0 Å². The summed E-state index contributed by atoms with van der Waals surface area (Å²) >= 11 is 0. The third kappa shape index (κ3) is 2.11. The normalized spacial score (nSPS) is 10.4. The maximum absolute atomic E-state index is 13.6. The van der Waals surface area contributed by atoms with Crippen molar-refractivity contribution in [1.29, 1.82) is 0 Å². The number of hydrogen-bond donors (Lipinski definition) is 0. The lowest BCUT2D eigenvalue weighted by atomic mass is 10.1. The third-order valence-electron chi connectivity index (χ3n) is 2.53. The first-order chi connectivity index (χ1) is 8.50. The van der Waals surface area contributed by atoms with E-state index < -0.39 is 17.4 Å². The van der Waals surface area contributed by atoms with Crippen molar-refractivity contribution in [2.24, 2.45) is 0 Å². The second-order valence-corrected chi connectivity index (χ2v) is 3.93. The van der Waals surface area contributed by atoms with Crippen molar-refractivity contribution in [3.05, 3.63) is 58.7 Å². The number of benzene rings is 1. The summed E-state index contributed by atoms with van der Waals surface area (Å²) < 4.78 is 27.0. The molecule has 92 valence electrons. The molecule has 0 saturated carbocycles. The van der Waals surface area contributed by atoms with Gasteiger partial charge in [-0.2, -0.15) is 0 Å². The summed E-state index contributed by atoms with van der Waals surface area (Å²) in [6.07, 6.45) is 2.64. The fraction of sp³-hybridized carbons (Fsp3) is 0.154.